The van der Waals surface area contributed by atoms with Crippen molar-refractivity contribution in [3.05, 3.63) is 77.7 Å². The number of aryl methyl sites for hydroxylation is 1. The fraction of sp³-hybridized carbons (Fsp3) is 0.150. The van der Waals surface area contributed by atoms with Crippen LogP contribution >= 0.6 is 0 Å². The molecular weight excluding hydrogens is 328 g/mol. The van der Waals surface area contributed by atoms with Crippen LogP contribution in [-0.2, 0) is 0 Å². The van der Waals surface area contributed by atoms with Gasteiger partial charge in [-0.2, -0.15) is 0 Å². The van der Waals surface area contributed by atoms with Gasteiger partial charge in [0.05, 0.1) is 0 Å². The molecule has 26 heavy (non-hydrogen) atoms. The maximum absolute atomic E-state index is 12.3. The van der Waals surface area contributed by atoms with E-state index in [-0.39, 0.29) is 17.6 Å². The molecule has 6 nitrogen and oxygen atoms in total. The lowest BCUT2D eigenvalue weighted by Gasteiger charge is -2.16. The van der Waals surface area contributed by atoms with Gasteiger partial charge in [0, 0.05) is 18.1 Å². The molecule has 0 spiro atoms. The van der Waals surface area contributed by atoms with E-state index in [4.69, 9.17) is 10.5 Å². The highest BCUT2D eigenvalue weighted by atomic mass is 16.5. The number of hydrogen-bond acceptors (Lipinski definition) is 5. The van der Waals surface area contributed by atoms with Gasteiger partial charge in [0.2, 0.25) is 0 Å². The Hall–Kier alpha value is -3.41. The van der Waals surface area contributed by atoms with Crippen molar-refractivity contribution in [1.82, 2.24) is 9.97 Å². The first-order valence-corrected chi connectivity index (χ1v) is 8.24. The molecule has 0 saturated carbocycles. The summed E-state index contributed by atoms with van der Waals surface area (Å²) >= 11 is 0. The number of benzene rings is 2. The Balaban J connectivity index is 1.72. The highest BCUT2D eigenvalue weighted by Crippen LogP contribution is 2.26. The van der Waals surface area contributed by atoms with Crippen molar-refractivity contribution < 1.29 is 9.53 Å². The molecule has 0 fully saturated rings. The average molecular weight is 348 g/mol. The molecular formula is C20H20N4O2. The number of nitrogen functional groups attached to an aromatic ring is 1. The second-order valence-electron chi connectivity index (χ2n) is 5.89. The summed E-state index contributed by atoms with van der Waals surface area (Å²) in [7, 11) is 0. The number of nitrogens with one attached hydrogen (secondary N) is 1. The molecule has 132 valence electrons. The maximum Gasteiger partial charge on any atom is 0.278 e. The van der Waals surface area contributed by atoms with Gasteiger partial charge in [0.1, 0.15) is 11.9 Å². The van der Waals surface area contributed by atoms with E-state index in [1.807, 2.05) is 56.3 Å². The van der Waals surface area contributed by atoms with Gasteiger partial charge in [0.15, 0.2) is 11.5 Å². The molecule has 3 aromatic rings. The van der Waals surface area contributed by atoms with Gasteiger partial charge in [-0.1, -0.05) is 30.3 Å². The van der Waals surface area contributed by atoms with Gasteiger partial charge in [-0.25, -0.2) is 9.97 Å². The number of aromatic nitrogens is 2. The van der Waals surface area contributed by atoms with Gasteiger partial charge in [-0.15, -0.1) is 0 Å². The van der Waals surface area contributed by atoms with Crippen LogP contribution in [-0.4, -0.2) is 15.9 Å². The molecule has 0 aliphatic carbocycles. The summed E-state index contributed by atoms with van der Waals surface area (Å²) in [5.41, 5.74) is 8.43. The standard InChI is InChI=1S/C20H20N4O2/c1-13-12-16(26-14(2)15-6-4-3-5-7-15)8-9-17(13)24-20(25)18-19(21)23-11-10-22-18/h3-12,14H,1-2H3,(H2,21,23)(H,24,25). The molecule has 1 atom stereocenters. The van der Waals surface area contributed by atoms with Crippen LogP contribution in [0.3, 0.4) is 0 Å². The summed E-state index contributed by atoms with van der Waals surface area (Å²) in [4.78, 5) is 20.2. The number of carbonyl (C=O) groups is 1. The van der Waals surface area contributed by atoms with Crippen LogP contribution < -0.4 is 15.8 Å². The molecule has 0 aliphatic rings. The predicted molar refractivity (Wildman–Crippen MR) is 101 cm³/mol. The second kappa shape index (κ2) is 7.65. The van der Waals surface area contributed by atoms with Crippen molar-refractivity contribution in [2.45, 2.75) is 20.0 Å². The fourth-order valence-corrected chi connectivity index (χ4v) is 2.55. The van der Waals surface area contributed by atoms with Crippen molar-refractivity contribution in [2.75, 3.05) is 11.1 Å². The Kier molecular flexibility index (Phi) is 5.12. The predicted octanol–water partition coefficient (Wildman–Crippen LogP) is 3.76. The van der Waals surface area contributed by atoms with E-state index in [0.717, 1.165) is 16.9 Å². The van der Waals surface area contributed by atoms with Crippen LogP contribution in [0.15, 0.2) is 60.9 Å². The van der Waals surface area contributed by atoms with E-state index in [9.17, 15) is 4.79 Å². The van der Waals surface area contributed by atoms with Gasteiger partial charge in [-0.05, 0) is 43.2 Å². The number of ether oxygens (including phenoxy) is 1. The van der Waals surface area contributed by atoms with Crippen molar-refractivity contribution in [3.63, 3.8) is 0 Å². The summed E-state index contributed by atoms with van der Waals surface area (Å²) in [6.07, 6.45) is 2.80. The van der Waals surface area contributed by atoms with E-state index in [2.05, 4.69) is 15.3 Å². The molecule has 1 heterocycles. The van der Waals surface area contributed by atoms with Gasteiger partial charge in [0.25, 0.3) is 5.91 Å². The Morgan fingerprint density at radius 1 is 1.12 bits per heavy atom. The molecule has 3 rings (SSSR count). The average Bonchev–Trinajstić information content (AvgIpc) is 2.65. The maximum atomic E-state index is 12.3. The zero-order valence-corrected chi connectivity index (χ0v) is 14.6. The number of nitrogens with zero attached hydrogens (tertiary/aromatic N) is 2. The van der Waals surface area contributed by atoms with E-state index in [1.165, 1.54) is 12.4 Å². The lowest BCUT2D eigenvalue weighted by atomic mass is 10.1. The van der Waals surface area contributed by atoms with Crippen LogP contribution in [0, 0.1) is 6.92 Å². The summed E-state index contributed by atoms with van der Waals surface area (Å²) in [5, 5.41) is 2.80. The van der Waals surface area contributed by atoms with Crippen LogP contribution in [0.4, 0.5) is 11.5 Å². The molecule has 6 heteroatoms. The number of nitrogens with two attached hydrogens (primary N) is 1. The number of anilines is 2. The topological polar surface area (TPSA) is 90.1 Å². The highest BCUT2D eigenvalue weighted by Gasteiger charge is 2.14. The molecule has 1 unspecified atom stereocenters. The van der Waals surface area contributed by atoms with Crippen molar-refractivity contribution in [3.8, 4) is 5.75 Å². The van der Waals surface area contributed by atoms with Crippen LogP contribution in [0.1, 0.15) is 34.6 Å². The summed E-state index contributed by atoms with van der Waals surface area (Å²) in [6.45, 7) is 3.90. The molecule has 1 aromatic heterocycles. The fourth-order valence-electron chi connectivity index (χ4n) is 2.55. The normalized spacial score (nSPS) is 11.6. The minimum absolute atomic E-state index is 0.0737. The number of amides is 1. The van der Waals surface area contributed by atoms with Crippen LogP contribution in [0.2, 0.25) is 0 Å². The molecule has 0 aliphatic heterocycles. The smallest absolute Gasteiger partial charge is 0.278 e. The Labute approximate surface area is 152 Å². The lowest BCUT2D eigenvalue weighted by molar-refractivity contribution is 0.102. The zero-order valence-electron chi connectivity index (χ0n) is 14.6. The quantitative estimate of drug-likeness (QED) is 0.733. The number of rotatable bonds is 5. The van der Waals surface area contributed by atoms with E-state index < -0.39 is 5.91 Å². The summed E-state index contributed by atoms with van der Waals surface area (Å²) < 4.78 is 5.99. The molecule has 0 bridgehead atoms. The monoisotopic (exact) mass is 348 g/mol. The van der Waals surface area contributed by atoms with Crippen molar-refractivity contribution >= 4 is 17.4 Å². The van der Waals surface area contributed by atoms with E-state index >= 15 is 0 Å². The molecule has 2 aromatic carbocycles. The molecule has 0 saturated heterocycles. The Bertz CT molecular complexity index is 913. The van der Waals surface area contributed by atoms with Gasteiger partial charge in [-0.3, -0.25) is 4.79 Å². The highest BCUT2D eigenvalue weighted by molar-refractivity contribution is 6.05. The van der Waals surface area contributed by atoms with Crippen molar-refractivity contribution in [2.24, 2.45) is 0 Å². The van der Waals surface area contributed by atoms with Crippen molar-refractivity contribution in [1.29, 1.82) is 0 Å². The minimum Gasteiger partial charge on any atom is -0.486 e. The van der Waals surface area contributed by atoms with Crippen LogP contribution in [0.5, 0.6) is 5.75 Å². The Morgan fingerprint density at radius 2 is 1.85 bits per heavy atom. The summed E-state index contributed by atoms with van der Waals surface area (Å²) in [6, 6.07) is 15.5. The summed E-state index contributed by atoms with van der Waals surface area (Å²) in [5.74, 6) is 0.431. The first kappa shape index (κ1) is 17.4. The lowest BCUT2D eigenvalue weighted by Crippen LogP contribution is -2.17. The SMILES string of the molecule is Cc1cc(OC(C)c2ccccc2)ccc1NC(=O)c1nccnc1N. The third-order valence-corrected chi connectivity index (χ3v) is 3.97. The molecule has 1 amide bonds. The zero-order chi connectivity index (χ0) is 18.5. The first-order chi connectivity index (χ1) is 12.5. The largest absolute Gasteiger partial charge is 0.486 e. The Morgan fingerprint density at radius 3 is 2.54 bits per heavy atom. The van der Waals surface area contributed by atoms with E-state index in [1.54, 1.807) is 6.07 Å². The number of carbonyl (C=O) groups excluding carboxylic acids is 1. The van der Waals surface area contributed by atoms with Gasteiger partial charge < -0.3 is 15.8 Å². The number of hydrogen-bond donors (Lipinski definition) is 2. The van der Waals surface area contributed by atoms with Gasteiger partial charge >= 0.3 is 0 Å². The minimum atomic E-state index is -0.398. The third-order valence-electron chi connectivity index (χ3n) is 3.97. The van der Waals surface area contributed by atoms with E-state index in [0.29, 0.717) is 5.69 Å². The second-order valence-corrected chi connectivity index (χ2v) is 5.89. The van der Waals surface area contributed by atoms with Crippen LogP contribution in [0.25, 0.3) is 0 Å². The first-order valence-electron chi connectivity index (χ1n) is 8.24. The molecule has 0 radical (unpaired) electrons. The molecule has 3 N–H and O–H groups in total. The third kappa shape index (κ3) is 3.97.